The Balaban J connectivity index is 1.52. The number of hydrogen-bond donors (Lipinski definition) is 1. The molecule has 122 valence electrons. The quantitative estimate of drug-likeness (QED) is 0.921. The van der Waals surface area contributed by atoms with Crippen LogP contribution in [0.2, 0.25) is 0 Å². The van der Waals surface area contributed by atoms with Crippen molar-refractivity contribution in [1.29, 1.82) is 0 Å². The van der Waals surface area contributed by atoms with Gasteiger partial charge in [-0.3, -0.25) is 14.8 Å². The van der Waals surface area contributed by atoms with Crippen LogP contribution in [0.1, 0.15) is 30.0 Å². The van der Waals surface area contributed by atoms with Crippen LogP contribution in [-0.4, -0.2) is 52.6 Å². The van der Waals surface area contributed by atoms with E-state index in [0.29, 0.717) is 19.0 Å². The predicted molar refractivity (Wildman–Crippen MR) is 89.9 cm³/mol. The number of H-pyrrole nitrogens is 1. The van der Waals surface area contributed by atoms with E-state index in [1.54, 1.807) is 6.20 Å². The number of likely N-dealkylation sites (N-methyl/N-ethyl adjacent to an activating group) is 1. The zero-order valence-electron chi connectivity index (χ0n) is 13.6. The van der Waals surface area contributed by atoms with Gasteiger partial charge in [0.15, 0.2) is 0 Å². The molecule has 0 saturated carbocycles. The third-order valence-corrected chi connectivity index (χ3v) is 4.51. The second kappa shape index (κ2) is 7.42. The van der Waals surface area contributed by atoms with Gasteiger partial charge in [0.2, 0.25) is 5.91 Å². The molecule has 1 aromatic heterocycles. The lowest BCUT2D eigenvalue weighted by atomic mass is 9.95. The maximum atomic E-state index is 12.5. The van der Waals surface area contributed by atoms with Crippen molar-refractivity contribution >= 4 is 5.91 Å². The fraction of sp³-hybridized carbons (Fsp3) is 0.444. The summed E-state index contributed by atoms with van der Waals surface area (Å²) in [6, 6.07) is 12.2. The monoisotopic (exact) mass is 312 g/mol. The highest BCUT2D eigenvalue weighted by atomic mass is 16.2. The highest BCUT2D eigenvalue weighted by Crippen LogP contribution is 2.25. The van der Waals surface area contributed by atoms with Gasteiger partial charge in [-0.1, -0.05) is 30.3 Å². The molecule has 23 heavy (non-hydrogen) atoms. The normalized spacial score (nSPS) is 18.7. The minimum absolute atomic E-state index is 0.180. The summed E-state index contributed by atoms with van der Waals surface area (Å²) in [5.74, 6) is 0.637. The number of aromatic amines is 1. The topological polar surface area (TPSA) is 52.2 Å². The minimum atomic E-state index is 0.180. The smallest absolute Gasteiger partial charge is 0.236 e. The molecule has 5 nitrogen and oxygen atoms in total. The molecule has 1 aliphatic rings. The van der Waals surface area contributed by atoms with Crippen LogP contribution < -0.4 is 0 Å². The van der Waals surface area contributed by atoms with Gasteiger partial charge in [0.1, 0.15) is 0 Å². The van der Waals surface area contributed by atoms with Crippen LogP contribution in [0.4, 0.5) is 0 Å². The molecule has 0 radical (unpaired) electrons. The molecule has 1 unspecified atom stereocenters. The molecular weight excluding hydrogens is 288 g/mol. The van der Waals surface area contributed by atoms with E-state index >= 15 is 0 Å². The molecule has 1 amide bonds. The number of carbonyl (C=O) groups is 1. The van der Waals surface area contributed by atoms with Crippen molar-refractivity contribution in [1.82, 2.24) is 20.0 Å². The average molecular weight is 312 g/mol. The summed E-state index contributed by atoms with van der Waals surface area (Å²) in [5.41, 5.74) is 2.34. The molecular formula is C18H24N4O. The second-order valence-electron chi connectivity index (χ2n) is 6.32. The lowest BCUT2D eigenvalue weighted by Gasteiger charge is -2.32. The van der Waals surface area contributed by atoms with E-state index in [2.05, 4.69) is 27.2 Å². The number of carbonyl (C=O) groups excluding carboxylic acids is 1. The van der Waals surface area contributed by atoms with Gasteiger partial charge in [-0.05, 0) is 31.0 Å². The first kappa shape index (κ1) is 15.7. The number of likely N-dealkylation sites (tertiary alicyclic amines) is 1. The number of aromatic nitrogens is 2. The van der Waals surface area contributed by atoms with Crippen LogP contribution >= 0.6 is 0 Å². The Morgan fingerprint density at radius 1 is 1.35 bits per heavy atom. The highest BCUT2D eigenvalue weighted by Gasteiger charge is 2.24. The molecule has 1 saturated heterocycles. The van der Waals surface area contributed by atoms with Crippen molar-refractivity contribution in [2.75, 3.05) is 26.7 Å². The third-order valence-electron chi connectivity index (χ3n) is 4.51. The van der Waals surface area contributed by atoms with Gasteiger partial charge < -0.3 is 4.90 Å². The summed E-state index contributed by atoms with van der Waals surface area (Å²) < 4.78 is 0. The molecule has 1 fully saturated rings. The van der Waals surface area contributed by atoms with E-state index in [0.717, 1.165) is 31.5 Å². The van der Waals surface area contributed by atoms with Gasteiger partial charge in [0, 0.05) is 37.9 Å². The summed E-state index contributed by atoms with van der Waals surface area (Å²) in [7, 11) is 1.88. The van der Waals surface area contributed by atoms with Crippen molar-refractivity contribution < 1.29 is 4.79 Å². The first-order valence-corrected chi connectivity index (χ1v) is 8.22. The first-order chi connectivity index (χ1) is 11.2. The minimum Gasteiger partial charge on any atom is -0.340 e. The van der Waals surface area contributed by atoms with E-state index < -0.39 is 0 Å². The zero-order valence-corrected chi connectivity index (χ0v) is 13.6. The van der Waals surface area contributed by atoms with Crippen LogP contribution in [0.5, 0.6) is 0 Å². The molecule has 2 heterocycles. The number of nitrogens with zero attached hydrogens (tertiary/aromatic N) is 3. The van der Waals surface area contributed by atoms with Gasteiger partial charge in [-0.25, -0.2) is 0 Å². The average Bonchev–Trinajstić information content (AvgIpc) is 3.10. The molecule has 0 spiro atoms. The molecule has 0 aliphatic carbocycles. The van der Waals surface area contributed by atoms with E-state index in [1.807, 2.05) is 36.2 Å². The Morgan fingerprint density at radius 2 is 2.17 bits per heavy atom. The molecule has 1 N–H and O–H groups in total. The predicted octanol–water partition coefficient (Wildman–Crippen LogP) is 2.25. The van der Waals surface area contributed by atoms with E-state index in [9.17, 15) is 4.79 Å². The lowest BCUT2D eigenvalue weighted by molar-refractivity contribution is -0.131. The molecule has 1 atom stereocenters. The summed E-state index contributed by atoms with van der Waals surface area (Å²) >= 11 is 0. The number of rotatable bonds is 5. The summed E-state index contributed by atoms with van der Waals surface area (Å²) in [4.78, 5) is 16.6. The Bertz CT molecular complexity index is 611. The molecule has 1 aromatic carbocycles. The molecule has 3 rings (SSSR count). The van der Waals surface area contributed by atoms with Gasteiger partial charge in [-0.15, -0.1) is 0 Å². The van der Waals surface area contributed by atoms with Crippen molar-refractivity contribution in [2.45, 2.75) is 25.3 Å². The Hall–Kier alpha value is -2.14. The third kappa shape index (κ3) is 4.20. The Labute approximate surface area is 137 Å². The van der Waals surface area contributed by atoms with E-state index in [1.165, 1.54) is 5.69 Å². The largest absolute Gasteiger partial charge is 0.340 e. The SMILES string of the molecule is CN(Cc1ccccc1)C(=O)CN1CCCC(c2ccn[nH]2)C1. The number of piperidine rings is 1. The van der Waals surface area contributed by atoms with Crippen molar-refractivity contribution in [2.24, 2.45) is 0 Å². The first-order valence-electron chi connectivity index (χ1n) is 8.22. The van der Waals surface area contributed by atoms with Crippen LogP contribution in [0, 0.1) is 0 Å². The molecule has 2 aromatic rings. The Morgan fingerprint density at radius 3 is 2.91 bits per heavy atom. The molecule has 0 bridgehead atoms. The van der Waals surface area contributed by atoms with Crippen LogP contribution in [0.25, 0.3) is 0 Å². The fourth-order valence-electron chi connectivity index (χ4n) is 3.20. The number of amides is 1. The summed E-state index contributed by atoms with van der Waals surface area (Å²) in [6.07, 6.45) is 4.08. The lowest BCUT2D eigenvalue weighted by Crippen LogP contribution is -2.42. The van der Waals surface area contributed by atoms with E-state index in [4.69, 9.17) is 0 Å². The summed E-state index contributed by atoms with van der Waals surface area (Å²) in [6.45, 7) is 3.08. The van der Waals surface area contributed by atoms with Crippen LogP contribution in [0.3, 0.4) is 0 Å². The second-order valence-corrected chi connectivity index (χ2v) is 6.32. The Kier molecular flexibility index (Phi) is 5.08. The van der Waals surface area contributed by atoms with Crippen LogP contribution in [-0.2, 0) is 11.3 Å². The van der Waals surface area contributed by atoms with Gasteiger partial charge in [0.05, 0.1) is 6.54 Å². The fourth-order valence-corrected chi connectivity index (χ4v) is 3.20. The molecule has 1 aliphatic heterocycles. The van der Waals surface area contributed by atoms with Gasteiger partial charge in [0.25, 0.3) is 0 Å². The van der Waals surface area contributed by atoms with Crippen molar-refractivity contribution in [3.05, 3.63) is 53.9 Å². The van der Waals surface area contributed by atoms with Gasteiger partial charge >= 0.3 is 0 Å². The van der Waals surface area contributed by atoms with Crippen LogP contribution in [0.15, 0.2) is 42.6 Å². The standard InChI is InChI=1S/C18H24N4O/c1-21(12-15-6-3-2-4-7-15)18(23)14-22-11-5-8-16(13-22)17-9-10-19-20-17/h2-4,6-7,9-10,16H,5,8,11-14H2,1H3,(H,19,20). The maximum Gasteiger partial charge on any atom is 0.236 e. The van der Waals surface area contributed by atoms with Crippen molar-refractivity contribution in [3.63, 3.8) is 0 Å². The number of nitrogens with one attached hydrogen (secondary N) is 1. The zero-order chi connectivity index (χ0) is 16.1. The highest BCUT2D eigenvalue weighted by molar-refractivity contribution is 5.78. The number of hydrogen-bond acceptors (Lipinski definition) is 3. The maximum absolute atomic E-state index is 12.5. The van der Waals surface area contributed by atoms with Gasteiger partial charge in [-0.2, -0.15) is 5.10 Å². The van der Waals surface area contributed by atoms with E-state index in [-0.39, 0.29) is 5.91 Å². The molecule has 5 heteroatoms. The number of benzene rings is 1. The van der Waals surface area contributed by atoms with Crippen molar-refractivity contribution in [3.8, 4) is 0 Å². The summed E-state index contributed by atoms with van der Waals surface area (Å²) in [5, 5.41) is 7.10.